The van der Waals surface area contributed by atoms with Crippen LogP contribution in [0.3, 0.4) is 0 Å². The van der Waals surface area contributed by atoms with Gasteiger partial charge in [-0.1, -0.05) is 12.2 Å². The first-order valence-electron chi connectivity index (χ1n) is 4.44. The van der Waals surface area contributed by atoms with Crippen molar-refractivity contribution in [3.63, 3.8) is 0 Å². The van der Waals surface area contributed by atoms with E-state index in [9.17, 15) is 9.59 Å². The second kappa shape index (κ2) is 7.47. The Morgan fingerprint density at radius 3 is 2.46 bits per heavy atom. The average Bonchev–Trinajstić information content (AvgIpc) is 2.12. The van der Waals surface area contributed by atoms with Crippen LogP contribution in [0.4, 0.5) is 0 Å². The topological polar surface area (TPSA) is 34.1 Å². The predicted molar refractivity (Wildman–Crippen MR) is 53.4 cm³/mol. The summed E-state index contributed by atoms with van der Waals surface area (Å²) in [5, 5.41) is 0. The second-order valence-corrected chi connectivity index (χ2v) is 2.92. The summed E-state index contributed by atoms with van der Waals surface area (Å²) in [4.78, 5) is 21.5. The first-order valence-corrected chi connectivity index (χ1v) is 4.44. The lowest BCUT2D eigenvalue weighted by Crippen LogP contribution is -2.13. The number of aldehydes is 1. The van der Waals surface area contributed by atoms with Gasteiger partial charge in [0.1, 0.15) is 12.1 Å². The summed E-state index contributed by atoms with van der Waals surface area (Å²) < 4.78 is 0. The van der Waals surface area contributed by atoms with Crippen molar-refractivity contribution >= 4 is 12.1 Å². The van der Waals surface area contributed by atoms with E-state index in [1.54, 1.807) is 12.2 Å². The lowest BCUT2D eigenvalue weighted by atomic mass is 9.93. The van der Waals surface area contributed by atoms with Crippen molar-refractivity contribution in [2.24, 2.45) is 5.92 Å². The number of rotatable bonds is 8. The number of hydrogen-bond acceptors (Lipinski definition) is 2. The van der Waals surface area contributed by atoms with Gasteiger partial charge in [-0.15, -0.1) is 13.2 Å². The molecule has 0 aliphatic carbocycles. The van der Waals surface area contributed by atoms with Crippen LogP contribution in [0.15, 0.2) is 25.3 Å². The van der Waals surface area contributed by atoms with Gasteiger partial charge in [0, 0.05) is 18.8 Å². The van der Waals surface area contributed by atoms with Crippen LogP contribution in [0.2, 0.25) is 0 Å². The smallest absolute Gasteiger partial charge is 0.140 e. The molecular formula is C11H16O2. The Bertz CT molecular complexity index is 194. The zero-order valence-corrected chi connectivity index (χ0v) is 7.87. The van der Waals surface area contributed by atoms with Gasteiger partial charge in [0.25, 0.3) is 0 Å². The summed E-state index contributed by atoms with van der Waals surface area (Å²) in [5.74, 6) is 0.0949. The van der Waals surface area contributed by atoms with E-state index < -0.39 is 0 Å². The van der Waals surface area contributed by atoms with Gasteiger partial charge in [-0.2, -0.15) is 0 Å². The van der Waals surface area contributed by atoms with E-state index in [-0.39, 0.29) is 11.7 Å². The molecule has 13 heavy (non-hydrogen) atoms. The molecule has 1 atom stereocenters. The Labute approximate surface area is 79.3 Å². The molecule has 0 amide bonds. The molecule has 0 radical (unpaired) electrons. The Hall–Kier alpha value is -1.18. The SMILES string of the molecule is C=CCC(=O)C(CC=C)CCC=O. The van der Waals surface area contributed by atoms with Gasteiger partial charge >= 0.3 is 0 Å². The number of hydrogen-bond donors (Lipinski definition) is 0. The molecule has 0 saturated heterocycles. The molecular weight excluding hydrogens is 164 g/mol. The average molecular weight is 180 g/mol. The summed E-state index contributed by atoms with van der Waals surface area (Å²) in [5.41, 5.74) is 0. The third kappa shape index (κ3) is 5.12. The van der Waals surface area contributed by atoms with E-state index >= 15 is 0 Å². The van der Waals surface area contributed by atoms with Crippen molar-refractivity contribution in [3.8, 4) is 0 Å². The number of ketones is 1. The van der Waals surface area contributed by atoms with Crippen LogP contribution in [0.25, 0.3) is 0 Å². The first-order chi connectivity index (χ1) is 6.26. The molecule has 2 nitrogen and oxygen atoms in total. The molecule has 0 N–H and O–H groups in total. The van der Waals surface area contributed by atoms with Crippen LogP contribution in [0.1, 0.15) is 25.7 Å². The van der Waals surface area contributed by atoms with Crippen LogP contribution in [-0.2, 0) is 9.59 Å². The number of carbonyl (C=O) groups is 2. The van der Waals surface area contributed by atoms with Crippen molar-refractivity contribution in [2.45, 2.75) is 25.7 Å². The highest BCUT2D eigenvalue weighted by Gasteiger charge is 2.14. The van der Waals surface area contributed by atoms with Crippen LogP contribution in [-0.4, -0.2) is 12.1 Å². The largest absolute Gasteiger partial charge is 0.303 e. The molecule has 72 valence electrons. The maximum Gasteiger partial charge on any atom is 0.140 e. The Balaban J connectivity index is 4.04. The number of carbonyl (C=O) groups excluding carboxylic acids is 2. The number of allylic oxidation sites excluding steroid dienone is 2. The van der Waals surface area contributed by atoms with Crippen molar-refractivity contribution in [3.05, 3.63) is 25.3 Å². The van der Waals surface area contributed by atoms with Crippen molar-refractivity contribution in [1.29, 1.82) is 0 Å². The third-order valence-corrected chi connectivity index (χ3v) is 1.89. The highest BCUT2D eigenvalue weighted by atomic mass is 16.1. The Morgan fingerprint density at radius 2 is 2.00 bits per heavy atom. The van der Waals surface area contributed by atoms with E-state index in [0.29, 0.717) is 25.7 Å². The molecule has 0 aliphatic rings. The minimum Gasteiger partial charge on any atom is -0.303 e. The van der Waals surface area contributed by atoms with Crippen molar-refractivity contribution in [1.82, 2.24) is 0 Å². The number of Topliss-reactive ketones (excluding diaryl/α,β-unsaturated/α-hetero) is 1. The van der Waals surface area contributed by atoms with E-state index in [1.807, 2.05) is 0 Å². The molecule has 2 heteroatoms. The van der Waals surface area contributed by atoms with Gasteiger partial charge in [0.15, 0.2) is 0 Å². The van der Waals surface area contributed by atoms with E-state index in [4.69, 9.17) is 0 Å². The van der Waals surface area contributed by atoms with E-state index in [0.717, 1.165) is 6.29 Å². The molecule has 0 heterocycles. The van der Waals surface area contributed by atoms with Crippen LogP contribution >= 0.6 is 0 Å². The standard InChI is InChI=1S/C11H16O2/c1-3-6-10(8-5-9-12)11(13)7-4-2/h3-4,9-10H,1-2,5-8H2. The van der Waals surface area contributed by atoms with Gasteiger partial charge in [0.05, 0.1) is 0 Å². The maximum absolute atomic E-state index is 11.4. The van der Waals surface area contributed by atoms with Gasteiger partial charge < -0.3 is 4.79 Å². The fourth-order valence-electron chi connectivity index (χ4n) is 1.19. The molecule has 0 bridgehead atoms. The molecule has 0 aromatic carbocycles. The minimum atomic E-state index is -0.0549. The zero-order chi connectivity index (χ0) is 10.1. The fourth-order valence-corrected chi connectivity index (χ4v) is 1.19. The predicted octanol–water partition coefficient (Wildman–Crippen LogP) is 2.30. The molecule has 0 rings (SSSR count). The molecule has 0 aromatic heterocycles. The third-order valence-electron chi connectivity index (χ3n) is 1.89. The molecule has 1 unspecified atom stereocenters. The van der Waals surface area contributed by atoms with Crippen molar-refractivity contribution < 1.29 is 9.59 Å². The molecule has 0 fully saturated rings. The van der Waals surface area contributed by atoms with E-state index in [2.05, 4.69) is 13.2 Å². The lowest BCUT2D eigenvalue weighted by Gasteiger charge is -2.10. The van der Waals surface area contributed by atoms with Crippen molar-refractivity contribution in [2.75, 3.05) is 0 Å². The first kappa shape index (κ1) is 11.8. The molecule has 0 aromatic rings. The summed E-state index contributed by atoms with van der Waals surface area (Å²) in [6.45, 7) is 7.09. The summed E-state index contributed by atoms with van der Waals surface area (Å²) >= 11 is 0. The minimum absolute atomic E-state index is 0.0549. The second-order valence-electron chi connectivity index (χ2n) is 2.92. The van der Waals surface area contributed by atoms with Gasteiger partial charge in [-0.25, -0.2) is 0 Å². The molecule has 0 aliphatic heterocycles. The van der Waals surface area contributed by atoms with E-state index in [1.165, 1.54) is 0 Å². The van der Waals surface area contributed by atoms with Gasteiger partial charge in [-0.3, -0.25) is 4.79 Å². The molecule has 0 saturated carbocycles. The van der Waals surface area contributed by atoms with Crippen LogP contribution < -0.4 is 0 Å². The van der Waals surface area contributed by atoms with Crippen LogP contribution in [0, 0.1) is 5.92 Å². The Morgan fingerprint density at radius 1 is 1.31 bits per heavy atom. The highest BCUT2D eigenvalue weighted by molar-refractivity contribution is 5.82. The summed E-state index contributed by atoms with van der Waals surface area (Å²) in [6, 6.07) is 0. The maximum atomic E-state index is 11.4. The zero-order valence-electron chi connectivity index (χ0n) is 7.87. The van der Waals surface area contributed by atoms with Gasteiger partial charge in [0.2, 0.25) is 0 Å². The molecule has 0 spiro atoms. The highest BCUT2D eigenvalue weighted by Crippen LogP contribution is 2.14. The van der Waals surface area contributed by atoms with Gasteiger partial charge in [-0.05, 0) is 12.8 Å². The monoisotopic (exact) mass is 180 g/mol. The lowest BCUT2D eigenvalue weighted by molar-refractivity contribution is -0.122. The Kier molecular flexibility index (Phi) is 6.79. The fraction of sp³-hybridized carbons (Fsp3) is 0.455. The normalized spacial score (nSPS) is 11.7. The van der Waals surface area contributed by atoms with Crippen LogP contribution in [0.5, 0.6) is 0 Å². The summed E-state index contributed by atoms with van der Waals surface area (Å²) in [7, 11) is 0. The summed E-state index contributed by atoms with van der Waals surface area (Å²) in [6.07, 6.45) is 6.27. The quantitative estimate of drug-likeness (QED) is 0.424.